The number of hydrogen-bond donors (Lipinski definition) is 2. The van der Waals surface area contributed by atoms with Gasteiger partial charge < -0.3 is 16.0 Å². The first kappa shape index (κ1) is 14.5. The number of carbonyl (C=O) groups excluding carboxylic acids is 1. The molecule has 1 amide bonds. The molecule has 0 aromatic heterocycles. The number of nitrogens with zero attached hydrogens (tertiary/aromatic N) is 1. The molecule has 4 nitrogen and oxygen atoms in total. The van der Waals surface area contributed by atoms with Crippen molar-refractivity contribution in [2.75, 3.05) is 26.2 Å². The summed E-state index contributed by atoms with van der Waals surface area (Å²) in [5.74, 6) is 0.0440. The third-order valence-corrected chi connectivity index (χ3v) is 3.65. The summed E-state index contributed by atoms with van der Waals surface area (Å²) >= 11 is 0. The summed E-state index contributed by atoms with van der Waals surface area (Å²) in [6.07, 6.45) is 5.00. The van der Waals surface area contributed by atoms with E-state index in [1.807, 2.05) is 0 Å². The summed E-state index contributed by atoms with van der Waals surface area (Å²) in [5.41, 5.74) is 5.50. The van der Waals surface area contributed by atoms with Crippen LogP contribution in [0.15, 0.2) is 0 Å². The molecule has 3 N–H and O–H groups in total. The zero-order valence-corrected chi connectivity index (χ0v) is 11.3. The molecule has 17 heavy (non-hydrogen) atoms. The number of nitrogens with one attached hydrogen (secondary N) is 1. The molecular formula is C13H27N3O. The van der Waals surface area contributed by atoms with Crippen molar-refractivity contribution in [2.24, 2.45) is 5.73 Å². The lowest BCUT2D eigenvalue weighted by Gasteiger charge is -2.24. The number of rotatable bonds is 7. The van der Waals surface area contributed by atoms with E-state index in [4.69, 9.17) is 5.73 Å². The van der Waals surface area contributed by atoms with Crippen LogP contribution in [0.4, 0.5) is 0 Å². The van der Waals surface area contributed by atoms with E-state index in [0.717, 1.165) is 51.7 Å². The van der Waals surface area contributed by atoms with Crippen LogP contribution in [0.3, 0.4) is 0 Å². The Morgan fingerprint density at radius 2 is 1.94 bits per heavy atom. The maximum atomic E-state index is 11.9. The highest BCUT2D eigenvalue weighted by atomic mass is 16.2. The topological polar surface area (TPSA) is 58.4 Å². The molecule has 100 valence electrons. The fraction of sp³-hybridized carbons (Fsp3) is 0.923. The lowest BCUT2D eigenvalue weighted by molar-refractivity contribution is -0.126. The van der Waals surface area contributed by atoms with Crippen molar-refractivity contribution in [1.82, 2.24) is 10.2 Å². The predicted octanol–water partition coefficient (Wildman–Crippen LogP) is 1.11. The van der Waals surface area contributed by atoms with Crippen LogP contribution in [0.5, 0.6) is 0 Å². The summed E-state index contributed by atoms with van der Waals surface area (Å²) in [4.78, 5) is 14.3. The lowest BCUT2D eigenvalue weighted by atomic mass is 9.98. The Morgan fingerprint density at radius 1 is 1.29 bits per heavy atom. The monoisotopic (exact) mass is 241 g/mol. The van der Waals surface area contributed by atoms with Crippen LogP contribution >= 0.6 is 0 Å². The second-order valence-electron chi connectivity index (χ2n) is 5.05. The minimum Gasteiger partial charge on any atom is -0.353 e. The minimum absolute atomic E-state index is 0.0440. The highest BCUT2D eigenvalue weighted by Crippen LogP contribution is 2.26. The number of carbonyl (C=O) groups is 1. The molecule has 1 aliphatic rings. The van der Waals surface area contributed by atoms with E-state index in [-0.39, 0.29) is 5.91 Å². The first-order valence-electron chi connectivity index (χ1n) is 6.92. The zero-order chi connectivity index (χ0) is 12.7. The molecule has 0 aliphatic heterocycles. The number of nitrogens with two attached hydrogens (primary N) is 1. The van der Waals surface area contributed by atoms with Gasteiger partial charge in [-0.1, -0.05) is 26.7 Å². The van der Waals surface area contributed by atoms with E-state index >= 15 is 0 Å². The fourth-order valence-electron chi connectivity index (χ4n) is 2.48. The molecule has 1 fully saturated rings. The normalized spacial score (nSPS) is 18.6. The molecule has 1 aliphatic carbocycles. The molecule has 0 bridgehead atoms. The van der Waals surface area contributed by atoms with Gasteiger partial charge in [-0.15, -0.1) is 0 Å². The quantitative estimate of drug-likeness (QED) is 0.702. The van der Waals surface area contributed by atoms with Crippen molar-refractivity contribution in [3.05, 3.63) is 0 Å². The zero-order valence-electron chi connectivity index (χ0n) is 11.3. The van der Waals surface area contributed by atoms with E-state index < -0.39 is 5.54 Å². The van der Waals surface area contributed by atoms with E-state index in [1.165, 1.54) is 0 Å². The van der Waals surface area contributed by atoms with Gasteiger partial charge in [-0.3, -0.25) is 4.79 Å². The van der Waals surface area contributed by atoms with Gasteiger partial charge in [0.15, 0.2) is 0 Å². The average molecular weight is 241 g/mol. The van der Waals surface area contributed by atoms with Gasteiger partial charge in [0.25, 0.3) is 0 Å². The summed E-state index contributed by atoms with van der Waals surface area (Å²) in [6, 6.07) is 0. The predicted molar refractivity (Wildman–Crippen MR) is 70.8 cm³/mol. The van der Waals surface area contributed by atoms with Crippen LogP contribution in [-0.2, 0) is 4.79 Å². The van der Waals surface area contributed by atoms with Gasteiger partial charge in [0.2, 0.25) is 5.91 Å². The van der Waals surface area contributed by atoms with Crippen molar-refractivity contribution in [3.8, 4) is 0 Å². The average Bonchev–Trinajstić information content (AvgIpc) is 2.76. The molecule has 4 heteroatoms. The van der Waals surface area contributed by atoms with Crippen molar-refractivity contribution in [3.63, 3.8) is 0 Å². The standard InChI is InChI=1S/C13H27N3O/c1-3-10-16(4-2)11-9-15-12(17)13(14)7-5-6-8-13/h3-11,14H2,1-2H3,(H,15,17). The summed E-state index contributed by atoms with van der Waals surface area (Å²) < 4.78 is 0. The van der Waals surface area contributed by atoms with Gasteiger partial charge in [0.05, 0.1) is 5.54 Å². The van der Waals surface area contributed by atoms with Gasteiger partial charge in [-0.2, -0.15) is 0 Å². The van der Waals surface area contributed by atoms with Crippen LogP contribution in [0, 0.1) is 0 Å². The van der Waals surface area contributed by atoms with Crippen LogP contribution < -0.4 is 11.1 Å². The van der Waals surface area contributed by atoms with Gasteiger partial charge in [-0.25, -0.2) is 0 Å². The van der Waals surface area contributed by atoms with E-state index in [1.54, 1.807) is 0 Å². The van der Waals surface area contributed by atoms with E-state index in [2.05, 4.69) is 24.1 Å². The Bertz CT molecular complexity index is 237. The first-order valence-corrected chi connectivity index (χ1v) is 6.92. The SMILES string of the molecule is CCCN(CC)CCNC(=O)C1(N)CCCC1. The molecule has 0 atom stereocenters. The third-order valence-electron chi connectivity index (χ3n) is 3.65. The number of likely N-dealkylation sites (N-methyl/N-ethyl adjacent to an activating group) is 1. The highest BCUT2D eigenvalue weighted by Gasteiger charge is 2.36. The van der Waals surface area contributed by atoms with Crippen molar-refractivity contribution in [2.45, 2.75) is 51.5 Å². The molecular weight excluding hydrogens is 214 g/mol. The summed E-state index contributed by atoms with van der Waals surface area (Å²) in [6.45, 7) is 8.10. The van der Waals surface area contributed by atoms with Crippen molar-refractivity contribution in [1.29, 1.82) is 0 Å². The largest absolute Gasteiger partial charge is 0.353 e. The van der Waals surface area contributed by atoms with Crippen molar-refractivity contribution >= 4 is 5.91 Å². The van der Waals surface area contributed by atoms with Crippen molar-refractivity contribution < 1.29 is 4.79 Å². The number of hydrogen-bond acceptors (Lipinski definition) is 3. The number of amides is 1. The van der Waals surface area contributed by atoms with Gasteiger partial charge in [0.1, 0.15) is 0 Å². The third kappa shape index (κ3) is 4.28. The molecule has 0 unspecified atom stereocenters. The molecule has 0 saturated heterocycles. The minimum atomic E-state index is -0.582. The smallest absolute Gasteiger partial charge is 0.240 e. The van der Waals surface area contributed by atoms with Crippen LogP contribution in [0.2, 0.25) is 0 Å². The second-order valence-corrected chi connectivity index (χ2v) is 5.05. The second kappa shape index (κ2) is 6.97. The van der Waals surface area contributed by atoms with Crippen LogP contribution in [0.25, 0.3) is 0 Å². The highest BCUT2D eigenvalue weighted by molar-refractivity contribution is 5.86. The summed E-state index contributed by atoms with van der Waals surface area (Å²) in [7, 11) is 0. The molecule has 0 heterocycles. The maximum Gasteiger partial charge on any atom is 0.240 e. The van der Waals surface area contributed by atoms with Gasteiger partial charge in [-0.05, 0) is 32.4 Å². The van der Waals surface area contributed by atoms with Gasteiger partial charge in [0, 0.05) is 13.1 Å². The molecule has 1 saturated carbocycles. The Morgan fingerprint density at radius 3 is 2.47 bits per heavy atom. The Kier molecular flexibility index (Phi) is 5.92. The lowest BCUT2D eigenvalue weighted by Crippen LogP contribution is -2.53. The maximum absolute atomic E-state index is 11.9. The molecule has 0 spiro atoms. The first-order chi connectivity index (χ1) is 8.12. The van der Waals surface area contributed by atoms with Crippen LogP contribution in [-0.4, -0.2) is 42.5 Å². The van der Waals surface area contributed by atoms with Crippen LogP contribution in [0.1, 0.15) is 46.0 Å². The molecule has 0 aromatic rings. The molecule has 0 aromatic carbocycles. The fourth-order valence-corrected chi connectivity index (χ4v) is 2.48. The Labute approximate surface area is 105 Å². The Balaban J connectivity index is 2.23. The van der Waals surface area contributed by atoms with E-state index in [9.17, 15) is 4.79 Å². The van der Waals surface area contributed by atoms with E-state index in [0.29, 0.717) is 6.54 Å². The summed E-state index contributed by atoms with van der Waals surface area (Å²) in [5, 5.41) is 2.98. The van der Waals surface area contributed by atoms with Gasteiger partial charge >= 0.3 is 0 Å². The molecule has 0 radical (unpaired) electrons. The molecule has 1 rings (SSSR count). The Hall–Kier alpha value is -0.610.